The summed E-state index contributed by atoms with van der Waals surface area (Å²) in [5.74, 6) is -1.18. The quantitative estimate of drug-likeness (QED) is 0.746. The van der Waals surface area contributed by atoms with Crippen molar-refractivity contribution in [1.82, 2.24) is 0 Å². The van der Waals surface area contributed by atoms with E-state index in [-0.39, 0.29) is 11.5 Å². The van der Waals surface area contributed by atoms with Gasteiger partial charge in [-0.2, -0.15) is 8.42 Å². The summed E-state index contributed by atoms with van der Waals surface area (Å²) in [5, 5.41) is 2.66. The van der Waals surface area contributed by atoms with E-state index in [9.17, 15) is 13.2 Å². The zero-order valence-corrected chi connectivity index (χ0v) is 14.1. The van der Waals surface area contributed by atoms with Gasteiger partial charge >= 0.3 is 10.1 Å². The maximum atomic E-state index is 12.1. The first-order chi connectivity index (χ1) is 11.4. The van der Waals surface area contributed by atoms with Crippen molar-refractivity contribution in [3.05, 3.63) is 60.7 Å². The van der Waals surface area contributed by atoms with Gasteiger partial charge in [0.05, 0.1) is 11.8 Å². The Hall–Kier alpha value is -2.38. The van der Waals surface area contributed by atoms with Gasteiger partial charge in [0.2, 0.25) is 5.91 Å². The number of carbonyl (C=O) groups is 1. The molecule has 6 nitrogen and oxygen atoms in total. The van der Waals surface area contributed by atoms with E-state index in [0.717, 1.165) is 0 Å². The molecule has 0 bridgehead atoms. The molecular formula is C17H20N2O4S. The molecule has 0 radical (unpaired) electrons. The lowest BCUT2D eigenvalue weighted by Crippen LogP contribution is -2.43. The number of anilines is 1. The van der Waals surface area contributed by atoms with Gasteiger partial charge < -0.3 is 15.2 Å². The standard InChI is InChI=1S/C17H20N2O4S/c1-13(12-24(21,22)23-15-10-6-3-7-11-15)16(18)17(20)19-14-8-4-2-5-9-14/h2-11,13,16H,12,18H2,1H3,(H,19,20). The summed E-state index contributed by atoms with van der Waals surface area (Å²) in [6.07, 6.45) is 0. The molecule has 2 aromatic carbocycles. The Labute approximate surface area is 141 Å². The van der Waals surface area contributed by atoms with E-state index >= 15 is 0 Å². The Morgan fingerprint density at radius 2 is 1.62 bits per heavy atom. The van der Waals surface area contributed by atoms with Crippen LogP contribution in [0.4, 0.5) is 5.69 Å². The van der Waals surface area contributed by atoms with Gasteiger partial charge in [0, 0.05) is 5.69 Å². The molecule has 1 amide bonds. The summed E-state index contributed by atoms with van der Waals surface area (Å²) in [4.78, 5) is 12.1. The Balaban J connectivity index is 1.95. The van der Waals surface area contributed by atoms with Crippen molar-refractivity contribution >= 4 is 21.7 Å². The maximum absolute atomic E-state index is 12.1. The molecule has 0 aromatic heterocycles. The van der Waals surface area contributed by atoms with Crippen molar-refractivity contribution in [2.75, 3.05) is 11.1 Å². The Bertz CT molecular complexity index is 764. The van der Waals surface area contributed by atoms with Crippen LogP contribution < -0.4 is 15.2 Å². The highest BCUT2D eigenvalue weighted by Gasteiger charge is 2.27. The minimum atomic E-state index is -3.85. The Morgan fingerprint density at radius 3 is 2.21 bits per heavy atom. The molecule has 0 heterocycles. The molecule has 24 heavy (non-hydrogen) atoms. The van der Waals surface area contributed by atoms with Crippen LogP contribution in [0.1, 0.15) is 6.92 Å². The third-order valence-electron chi connectivity index (χ3n) is 3.39. The molecule has 0 spiro atoms. The van der Waals surface area contributed by atoms with Crippen molar-refractivity contribution in [1.29, 1.82) is 0 Å². The molecule has 3 N–H and O–H groups in total. The number of amides is 1. The van der Waals surface area contributed by atoms with E-state index in [2.05, 4.69) is 5.32 Å². The normalized spacial score (nSPS) is 13.8. The Kier molecular flexibility index (Phi) is 5.94. The van der Waals surface area contributed by atoms with E-state index in [4.69, 9.17) is 9.92 Å². The molecule has 0 aliphatic rings. The van der Waals surface area contributed by atoms with Crippen molar-refractivity contribution in [2.24, 2.45) is 11.7 Å². The molecular weight excluding hydrogens is 328 g/mol. The van der Waals surface area contributed by atoms with Crippen molar-refractivity contribution in [3.8, 4) is 5.75 Å². The fraction of sp³-hybridized carbons (Fsp3) is 0.235. The van der Waals surface area contributed by atoms with Crippen LogP contribution in [0.5, 0.6) is 5.75 Å². The molecule has 2 rings (SSSR count). The van der Waals surface area contributed by atoms with Gasteiger partial charge in [0.25, 0.3) is 0 Å². The first-order valence-corrected chi connectivity index (χ1v) is 9.04. The molecule has 7 heteroatoms. The van der Waals surface area contributed by atoms with E-state index in [1.165, 1.54) is 0 Å². The van der Waals surface area contributed by atoms with Gasteiger partial charge in [-0.1, -0.05) is 43.3 Å². The lowest BCUT2D eigenvalue weighted by molar-refractivity contribution is -0.118. The van der Waals surface area contributed by atoms with Crippen LogP contribution in [0, 0.1) is 5.92 Å². The number of hydrogen-bond acceptors (Lipinski definition) is 5. The Morgan fingerprint density at radius 1 is 1.08 bits per heavy atom. The number of hydrogen-bond donors (Lipinski definition) is 2. The second-order valence-electron chi connectivity index (χ2n) is 5.48. The predicted octanol–water partition coefficient (Wildman–Crippen LogP) is 2.00. The number of carbonyl (C=O) groups excluding carboxylic acids is 1. The van der Waals surface area contributed by atoms with E-state index in [0.29, 0.717) is 5.69 Å². The highest BCUT2D eigenvalue weighted by molar-refractivity contribution is 7.87. The first kappa shape index (κ1) is 18.0. The van der Waals surface area contributed by atoms with Gasteiger partial charge in [-0.3, -0.25) is 4.79 Å². The fourth-order valence-corrected chi connectivity index (χ4v) is 3.41. The molecule has 2 unspecified atom stereocenters. The molecule has 0 aliphatic carbocycles. The zero-order valence-electron chi connectivity index (χ0n) is 13.3. The second-order valence-corrected chi connectivity index (χ2v) is 7.09. The number of rotatable bonds is 7. The zero-order chi connectivity index (χ0) is 17.6. The molecule has 128 valence electrons. The van der Waals surface area contributed by atoms with Crippen molar-refractivity contribution in [3.63, 3.8) is 0 Å². The molecule has 2 aromatic rings. The van der Waals surface area contributed by atoms with Crippen LogP contribution in [-0.4, -0.2) is 26.1 Å². The minimum absolute atomic E-state index is 0.229. The van der Waals surface area contributed by atoms with Gasteiger partial charge in [-0.15, -0.1) is 0 Å². The maximum Gasteiger partial charge on any atom is 0.309 e. The van der Waals surface area contributed by atoms with Crippen molar-refractivity contribution in [2.45, 2.75) is 13.0 Å². The largest absolute Gasteiger partial charge is 0.382 e. The summed E-state index contributed by atoms with van der Waals surface area (Å²) < 4.78 is 29.2. The van der Waals surface area contributed by atoms with Crippen LogP contribution in [0.25, 0.3) is 0 Å². The van der Waals surface area contributed by atoms with Crippen LogP contribution in [0.3, 0.4) is 0 Å². The number of nitrogens with two attached hydrogens (primary N) is 1. The molecule has 0 saturated carbocycles. The smallest absolute Gasteiger partial charge is 0.309 e. The summed E-state index contributed by atoms with van der Waals surface area (Å²) in [6.45, 7) is 1.60. The minimum Gasteiger partial charge on any atom is -0.382 e. The van der Waals surface area contributed by atoms with Gasteiger partial charge in [0.1, 0.15) is 5.75 Å². The lowest BCUT2D eigenvalue weighted by Gasteiger charge is -2.19. The monoisotopic (exact) mass is 348 g/mol. The summed E-state index contributed by atoms with van der Waals surface area (Å²) in [6, 6.07) is 16.1. The fourth-order valence-electron chi connectivity index (χ4n) is 2.09. The van der Waals surface area contributed by atoms with Gasteiger partial charge in [-0.05, 0) is 30.2 Å². The average molecular weight is 348 g/mol. The second kappa shape index (κ2) is 7.94. The van der Waals surface area contributed by atoms with E-state index in [1.54, 1.807) is 61.5 Å². The number of para-hydroxylation sites is 2. The lowest BCUT2D eigenvalue weighted by atomic mass is 10.0. The molecule has 2 atom stereocenters. The SMILES string of the molecule is CC(CS(=O)(=O)Oc1ccccc1)C(N)C(=O)Nc1ccccc1. The third kappa shape index (κ3) is 5.36. The summed E-state index contributed by atoms with van der Waals surface area (Å²) >= 11 is 0. The molecule has 0 saturated heterocycles. The molecule has 0 fully saturated rings. The van der Waals surface area contributed by atoms with Crippen LogP contribution in [-0.2, 0) is 14.9 Å². The van der Waals surface area contributed by atoms with E-state index < -0.39 is 28.0 Å². The summed E-state index contributed by atoms with van der Waals surface area (Å²) in [5.41, 5.74) is 6.48. The predicted molar refractivity (Wildman–Crippen MR) is 93.1 cm³/mol. The van der Waals surface area contributed by atoms with Crippen LogP contribution in [0.2, 0.25) is 0 Å². The number of benzene rings is 2. The average Bonchev–Trinajstić information content (AvgIpc) is 2.55. The third-order valence-corrected chi connectivity index (χ3v) is 4.77. The first-order valence-electron chi connectivity index (χ1n) is 7.46. The van der Waals surface area contributed by atoms with Gasteiger partial charge in [0.15, 0.2) is 0 Å². The highest BCUT2D eigenvalue weighted by atomic mass is 32.2. The van der Waals surface area contributed by atoms with Gasteiger partial charge in [-0.25, -0.2) is 0 Å². The van der Waals surface area contributed by atoms with E-state index in [1.807, 2.05) is 6.07 Å². The topological polar surface area (TPSA) is 98.5 Å². The van der Waals surface area contributed by atoms with Crippen LogP contribution >= 0.6 is 0 Å². The highest BCUT2D eigenvalue weighted by Crippen LogP contribution is 2.15. The molecule has 0 aliphatic heterocycles. The summed E-state index contributed by atoms with van der Waals surface area (Å²) in [7, 11) is -3.85. The number of nitrogens with one attached hydrogen (secondary N) is 1. The van der Waals surface area contributed by atoms with Crippen molar-refractivity contribution < 1.29 is 17.4 Å². The van der Waals surface area contributed by atoms with Crippen LogP contribution in [0.15, 0.2) is 60.7 Å².